The molecule has 0 spiro atoms. The van der Waals surface area contributed by atoms with E-state index < -0.39 is 6.04 Å². The van der Waals surface area contributed by atoms with Crippen molar-refractivity contribution >= 4 is 33.6 Å². The fourth-order valence-electron chi connectivity index (χ4n) is 7.85. The Kier molecular flexibility index (Phi) is 9.97. The van der Waals surface area contributed by atoms with Crippen molar-refractivity contribution in [3.05, 3.63) is 120 Å². The van der Waals surface area contributed by atoms with Gasteiger partial charge in [0.25, 0.3) is 5.91 Å². The molecule has 1 N–H and O–H groups in total. The summed E-state index contributed by atoms with van der Waals surface area (Å²) in [6, 6.07) is 19.3. The van der Waals surface area contributed by atoms with Gasteiger partial charge < -0.3 is 33.7 Å². The van der Waals surface area contributed by atoms with E-state index >= 15 is 0 Å². The van der Waals surface area contributed by atoms with E-state index in [1.807, 2.05) is 49.8 Å². The number of aryl methyl sites for hydroxylation is 2. The number of benzene rings is 2. The number of nitrogens with zero attached hydrogens (tertiary/aromatic N) is 5. The second-order valence-electron chi connectivity index (χ2n) is 15.0. The smallest absolute Gasteiger partial charge is 0.255 e. The number of carbonyl (C=O) groups excluding carboxylic acids is 2. The summed E-state index contributed by atoms with van der Waals surface area (Å²) < 4.78 is 26.1. The lowest BCUT2D eigenvalue weighted by Gasteiger charge is -2.35. The summed E-state index contributed by atoms with van der Waals surface area (Å²) in [5.74, 6) is 7.67. The van der Waals surface area contributed by atoms with Crippen LogP contribution in [0.5, 0.6) is 17.4 Å². The number of carbonyl (C=O) groups is 2. The molecular formula is C46H42N6O6. The van der Waals surface area contributed by atoms with Crippen LogP contribution in [-0.4, -0.2) is 74.3 Å². The van der Waals surface area contributed by atoms with Crippen molar-refractivity contribution in [3.63, 3.8) is 0 Å². The molecule has 292 valence electrons. The number of pyridine rings is 3. The molecule has 0 bridgehead atoms. The highest BCUT2D eigenvalue weighted by atomic mass is 16.5. The number of amides is 2. The highest BCUT2D eigenvalue weighted by Crippen LogP contribution is 2.35. The minimum Gasteiger partial charge on any atom is -0.491 e. The number of aromatic nitrogens is 4. The minimum atomic E-state index is -0.491. The molecule has 6 aromatic rings. The van der Waals surface area contributed by atoms with Gasteiger partial charge in [0.05, 0.1) is 18.3 Å². The Morgan fingerprint density at radius 2 is 1.74 bits per heavy atom. The van der Waals surface area contributed by atoms with Gasteiger partial charge in [0, 0.05) is 83.7 Å². The highest BCUT2D eigenvalue weighted by molar-refractivity contribution is 6.08. The van der Waals surface area contributed by atoms with Gasteiger partial charge in [0.15, 0.2) is 0 Å². The Morgan fingerprint density at radius 3 is 2.57 bits per heavy atom. The van der Waals surface area contributed by atoms with Crippen LogP contribution in [0.2, 0.25) is 0 Å². The van der Waals surface area contributed by atoms with Crippen LogP contribution in [0.4, 0.5) is 0 Å². The van der Waals surface area contributed by atoms with Crippen molar-refractivity contribution in [1.29, 1.82) is 0 Å². The maximum Gasteiger partial charge on any atom is 0.255 e. The van der Waals surface area contributed by atoms with Crippen LogP contribution in [-0.2, 0) is 23.1 Å². The fraction of sp³-hybridized carbons (Fsp3) is 0.283. The zero-order chi connectivity index (χ0) is 39.8. The van der Waals surface area contributed by atoms with E-state index in [-0.39, 0.29) is 30.6 Å². The van der Waals surface area contributed by atoms with Crippen LogP contribution in [0.3, 0.4) is 0 Å². The average molecular weight is 775 g/mol. The van der Waals surface area contributed by atoms with E-state index in [0.29, 0.717) is 66.9 Å². The van der Waals surface area contributed by atoms with Gasteiger partial charge in [0.2, 0.25) is 11.8 Å². The standard InChI is InChI=1S/C46H42N6O6/c1-28-19-31(30-7-11-39-40-26-47-15-14-41(40)51(3)43(39)21-30)24-49-45(28)58-37-22-36(23-37)57-35-9-8-33(48-25-35)5-4-16-55-17-18-56-34-10-12-38-32(20-34)27-52(46(38)54)42-13-6-29(2)50-44(42)53/h7-12,14-15,19-21,24-26,36-37,42H,2,6,13,16-18,22-23,27H2,1,3H3,(H,50,53). The molecule has 6 heterocycles. The van der Waals surface area contributed by atoms with E-state index in [2.05, 4.69) is 74.6 Å². The first-order valence-corrected chi connectivity index (χ1v) is 19.5. The summed E-state index contributed by atoms with van der Waals surface area (Å²) in [5.41, 5.74) is 8.22. The van der Waals surface area contributed by atoms with Gasteiger partial charge in [-0.05, 0) is 85.3 Å². The summed E-state index contributed by atoms with van der Waals surface area (Å²) in [6.45, 7) is 7.13. The third-order valence-electron chi connectivity index (χ3n) is 11.0. The van der Waals surface area contributed by atoms with Gasteiger partial charge in [0.1, 0.15) is 48.7 Å². The number of rotatable bonds is 11. The fourth-order valence-corrected chi connectivity index (χ4v) is 7.85. The number of ether oxygens (including phenoxy) is 4. The van der Waals surface area contributed by atoms with Crippen LogP contribution in [0.1, 0.15) is 52.9 Å². The molecule has 12 nitrogen and oxygen atoms in total. The number of fused-ring (bicyclic) bond motifs is 4. The molecule has 1 unspecified atom stereocenters. The van der Waals surface area contributed by atoms with Crippen molar-refractivity contribution in [1.82, 2.24) is 29.7 Å². The van der Waals surface area contributed by atoms with Gasteiger partial charge in [-0.2, -0.15) is 0 Å². The van der Waals surface area contributed by atoms with Crippen molar-refractivity contribution in [3.8, 4) is 40.3 Å². The Bertz CT molecular complexity index is 2640. The van der Waals surface area contributed by atoms with Gasteiger partial charge >= 0.3 is 0 Å². The number of hydrogen-bond donors (Lipinski definition) is 1. The molecular weight excluding hydrogens is 733 g/mol. The predicted octanol–water partition coefficient (Wildman–Crippen LogP) is 6.68. The molecule has 1 saturated heterocycles. The first kappa shape index (κ1) is 36.9. The summed E-state index contributed by atoms with van der Waals surface area (Å²) in [7, 11) is 2.09. The Hall–Kier alpha value is -6.71. The maximum absolute atomic E-state index is 13.0. The van der Waals surface area contributed by atoms with Crippen LogP contribution in [0, 0.1) is 18.8 Å². The van der Waals surface area contributed by atoms with Gasteiger partial charge in [-0.1, -0.05) is 24.6 Å². The molecule has 4 aromatic heterocycles. The van der Waals surface area contributed by atoms with Crippen molar-refractivity contribution < 1.29 is 28.5 Å². The Balaban J connectivity index is 0.687. The molecule has 58 heavy (non-hydrogen) atoms. The van der Waals surface area contributed by atoms with E-state index in [0.717, 1.165) is 51.5 Å². The highest BCUT2D eigenvalue weighted by Gasteiger charge is 2.38. The first-order valence-electron chi connectivity index (χ1n) is 19.5. The normalized spacial score (nSPS) is 18.7. The van der Waals surface area contributed by atoms with E-state index in [4.69, 9.17) is 18.9 Å². The second kappa shape index (κ2) is 15.7. The molecule has 1 aliphatic carbocycles. The lowest BCUT2D eigenvalue weighted by Crippen LogP contribution is -2.49. The molecule has 2 aromatic carbocycles. The third-order valence-corrected chi connectivity index (χ3v) is 11.0. The van der Waals surface area contributed by atoms with Gasteiger partial charge in [-0.3, -0.25) is 14.6 Å². The van der Waals surface area contributed by atoms with Crippen molar-refractivity contribution in [2.45, 2.75) is 57.4 Å². The van der Waals surface area contributed by atoms with Gasteiger partial charge in [-0.25, -0.2) is 9.97 Å². The number of hydrogen-bond acceptors (Lipinski definition) is 9. The Labute approximate surface area is 335 Å². The van der Waals surface area contributed by atoms with E-state index in [9.17, 15) is 9.59 Å². The monoisotopic (exact) mass is 774 g/mol. The van der Waals surface area contributed by atoms with Crippen LogP contribution < -0.4 is 19.5 Å². The van der Waals surface area contributed by atoms with Crippen LogP contribution >= 0.6 is 0 Å². The average Bonchev–Trinajstić information content (AvgIpc) is 3.69. The molecule has 12 heteroatoms. The van der Waals surface area contributed by atoms with Crippen molar-refractivity contribution in [2.24, 2.45) is 7.05 Å². The topological polar surface area (TPSA) is 130 Å². The second-order valence-corrected chi connectivity index (χ2v) is 15.0. The molecule has 1 atom stereocenters. The molecule has 2 fully saturated rings. The van der Waals surface area contributed by atoms with E-state index in [1.54, 1.807) is 23.2 Å². The third kappa shape index (κ3) is 7.44. The quantitative estimate of drug-likeness (QED) is 0.113. The zero-order valence-corrected chi connectivity index (χ0v) is 32.4. The summed E-state index contributed by atoms with van der Waals surface area (Å²) >= 11 is 0. The van der Waals surface area contributed by atoms with Crippen LogP contribution in [0.15, 0.2) is 97.7 Å². The van der Waals surface area contributed by atoms with Gasteiger partial charge in [-0.15, -0.1) is 0 Å². The summed E-state index contributed by atoms with van der Waals surface area (Å²) in [6.07, 6.45) is 10.2. The largest absolute Gasteiger partial charge is 0.491 e. The maximum atomic E-state index is 13.0. The SMILES string of the molecule is C=C1CCC(N2Cc3cc(OCCOCC#Cc4ccc(OC5CC(Oc6ncc(-c7ccc8c9cnccc9n(C)c8c7)cc6C)C5)cn4)ccc3C2=O)C(=O)N1. The molecule has 9 rings (SSSR count). The number of piperidine rings is 1. The molecule has 3 aliphatic rings. The Morgan fingerprint density at radius 1 is 0.879 bits per heavy atom. The summed E-state index contributed by atoms with van der Waals surface area (Å²) in [4.78, 5) is 40.5. The molecule has 0 radical (unpaired) electrons. The predicted molar refractivity (Wildman–Crippen MR) is 218 cm³/mol. The molecule has 1 saturated carbocycles. The lowest BCUT2D eigenvalue weighted by molar-refractivity contribution is -0.126. The minimum absolute atomic E-state index is 0.0371. The molecule has 2 aliphatic heterocycles. The molecule has 2 amide bonds. The van der Waals surface area contributed by atoms with Crippen molar-refractivity contribution in [2.75, 3.05) is 19.8 Å². The summed E-state index contributed by atoms with van der Waals surface area (Å²) in [5, 5.41) is 5.10. The number of allylic oxidation sites excluding steroid dienone is 1. The number of nitrogens with one attached hydrogen (secondary N) is 1. The zero-order valence-electron chi connectivity index (χ0n) is 32.4. The van der Waals surface area contributed by atoms with Crippen LogP contribution in [0.25, 0.3) is 32.9 Å². The lowest BCUT2D eigenvalue weighted by atomic mass is 9.92. The van der Waals surface area contributed by atoms with E-state index in [1.165, 1.54) is 5.39 Å². The first-order chi connectivity index (χ1) is 28.3.